The Hall–Kier alpha value is -2.70. The molecule has 0 unspecified atom stereocenters. The van der Waals surface area contributed by atoms with E-state index < -0.39 is 11.0 Å². The van der Waals surface area contributed by atoms with Crippen LogP contribution in [0.2, 0.25) is 0 Å². The van der Waals surface area contributed by atoms with Gasteiger partial charge in [0.1, 0.15) is 5.75 Å². The lowest BCUT2D eigenvalue weighted by Crippen LogP contribution is -2.37. The Morgan fingerprint density at radius 2 is 2.24 bits per heavy atom. The molecule has 1 aromatic carbocycles. The number of nitro groups is 1. The van der Waals surface area contributed by atoms with Crippen molar-refractivity contribution in [1.82, 2.24) is 5.32 Å². The molecule has 0 saturated carbocycles. The molecule has 0 aromatic heterocycles. The van der Waals surface area contributed by atoms with E-state index in [2.05, 4.69) is 11.4 Å². The van der Waals surface area contributed by atoms with E-state index in [1.807, 2.05) is 0 Å². The van der Waals surface area contributed by atoms with Crippen molar-refractivity contribution in [3.8, 4) is 5.75 Å². The Morgan fingerprint density at radius 1 is 1.44 bits per heavy atom. The fraction of sp³-hybridized carbons (Fsp3) is 0.444. The Bertz CT molecular complexity index is 684. The zero-order chi connectivity index (χ0) is 18.2. The molecule has 2 rings (SSSR count). The second-order valence-electron chi connectivity index (χ2n) is 6.01. The number of carbonyl (C=O) groups is 2. The number of ether oxygens (including phenoxy) is 1. The largest absolute Gasteiger partial charge is 0.480 e. The lowest BCUT2D eigenvalue weighted by molar-refractivity contribution is -0.384. The summed E-state index contributed by atoms with van der Waals surface area (Å²) in [6.07, 6.45) is 7.37. The van der Waals surface area contributed by atoms with Crippen molar-refractivity contribution in [2.45, 2.75) is 45.1 Å². The first-order valence-electron chi connectivity index (χ1n) is 8.37. The molecule has 134 valence electrons. The monoisotopic (exact) mass is 346 g/mol. The van der Waals surface area contributed by atoms with E-state index in [-0.39, 0.29) is 22.9 Å². The predicted octanol–water partition coefficient (Wildman–Crippen LogP) is 3.18. The molecule has 25 heavy (non-hydrogen) atoms. The number of aldehydes is 1. The Kier molecular flexibility index (Phi) is 6.68. The van der Waals surface area contributed by atoms with Crippen LogP contribution in [0.15, 0.2) is 29.8 Å². The molecular weight excluding hydrogens is 324 g/mol. The van der Waals surface area contributed by atoms with E-state index in [1.54, 1.807) is 6.92 Å². The molecule has 1 atom stereocenters. The molecule has 1 amide bonds. The van der Waals surface area contributed by atoms with E-state index in [1.165, 1.54) is 30.5 Å². The average Bonchev–Trinajstić information content (AvgIpc) is 2.62. The third kappa shape index (κ3) is 5.41. The van der Waals surface area contributed by atoms with Gasteiger partial charge in [-0.1, -0.05) is 11.6 Å². The number of amides is 1. The van der Waals surface area contributed by atoms with Crippen LogP contribution in [0.5, 0.6) is 5.75 Å². The second kappa shape index (κ2) is 8.96. The summed E-state index contributed by atoms with van der Waals surface area (Å²) in [7, 11) is 0. The van der Waals surface area contributed by atoms with Crippen LogP contribution in [0, 0.1) is 10.1 Å². The molecule has 0 aliphatic heterocycles. The van der Waals surface area contributed by atoms with Gasteiger partial charge >= 0.3 is 0 Å². The minimum atomic E-state index is -0.805. The zero-order valence-electron chi connectivity index (χ0n) is 14.2. The van der Waals surface area contributed by atoms with E-state index in [4.69, 9.17) is 4.74 Å². The van der Waals surface area contributed by atoms with Crippen molar-refractivity contribution in [2.24, 2.45) is 0 Å². The van der Waals surface area contributed by atoms with Gasteiger partial charge in [-0.05, 0) is 45.1 Å². The number of non-ortho nitro benzene ring substituents is 1. The lowest BCUT2D eigenvalue weighted by atomic mass is 9.97. The second-order valence-corrected chi connectivity index (χ2v) is 6.01. The van der Waals surface area contributed by atoms with Gasteiger partial charge in [0.05, 0.1) is 10.5 Å². The van der Waals surface area contributed by atoms with E-state index in [9.17, 15) is 19.7 Å². The summed E-state index contributed by atoms with van der Waals surface area (Å²) in [5, 5.41) is 13.6. The Labute approximate surface area is 146 Å². The molecule has 1 aliphatic carbocycles. The topological polar surface area (TPSA) is 98.5 Å². The van der Waals surface area contributed by atoms with Gasteiger partial charge in [-0.2, -0.15) is 0 Å². The highest BCUT2D eigenvalue weighted by Gasteiger charge is 2.18. The van der Waals surface area contributed by atoms with Gasteiger partial charge < -0.3 is 10.1 Å². The van der Waals surface area contributed by atoms with Crippen molar-refractivity contribution in [2.75, 3.05) is 6.54 Å². The van der Waals surface area contributed by atoms with Crippen molar-refractivity contribution >= 4 is 17.9 Å². The van der Waals surface area contributed by atoms with Gasteiger partial charge in [-0.15, -0.1) is 0 Å². The minimum absolute atomic E-state index is 0.0428. The lowest BCUT2D eigenvalue weighted by Gasteiger charge is -2.17. The van der Waals surface area contributed by atoms with Crippen LogP contribution in [-0.4, -0.2) is 29.8 Å². The number of rotatable bonds is 8. The van der Waals surface area contributed by atoms with Crippen molar-refractivity contribution < 1.29 is 19.2 Å². The molecule has 1 aromatic rings. The summed E-state index contributed by atoms with van der Waals surface area (Å²) >= 11 is 0. The van der Waals surface area contributed by atoms with E-state index in [0.717, 1.165) is 25.3 Å². The van der Waals surface area contributed by atoms with Crippen LogP contribution < -0.4 is 10.1 Å². The summed E-state index contributed by atoms with van der Waals surface area (Å²) in [6, 6.07) is 3.70. The van der Waals surface area contributed by atoms with Crippen LogP contribution in [0.3, 0.4) is 0 Å². The quantitative estimate of drug-likeness (QED) is 0.337. The Balaban J connectivity index is 1.88. The summed E-state index contributed by atoms with van der Waals surface area (Å²) in [6.45, 7) is 2.12. The number of hydrogen-bond acceptors (Lipinski definition) is 5. The molecule has 0 saturated heterocycles. The maximum atomic E-state index is 12.1. The standard InChI is InChI=1S/C18H22N2O5/c1-13(18(22)19-10-9-14-5-3-2-4-6-14)25-17-8-7-16(20(23)24)11-15(17)12-21/h5,7-8,11-13H,2-4,6,9-10H2,1H3,(H,19,22)/t13-/m1/s1. The summed E-state index contributed by atoms with van der Waals surface area (Å²) in [5.41, 5.74) is 1.22. The number of nitrogens with one attached hydrogen (secondary N) is 1. The number of nitrogens with zero attached hydrogens (tertiary/aromatic N) is 1. The molecule has 0 radical (unpaired) electrons. The van der Waals surface area contributed by atoms with Crippen molar-refractivity contribution in [3.05, 3.63) is 45.5 Å². The van der Waals surface area contributed by atoms with Gasteiger partial charge in [0.2, 0.25) is 0 Å². The maximum Gasteiger partial charge on any atom is 0.270 e. The number of hydrogen-bond donors (Lipinski definition) is 1. The fourth-order valence-corrected chi connectivity index (χ4v) is 2.71. The van der Waals surface area contributed by atoms with Gasteiger partial charge in [0.25, 0.3) is 11.6 Å². The summed E-state index contributed by atoms with van der Waals surface area (Å²) < 4.78 is 5.49. The fourth-order valence-electron chi connectivity index (χ4n) is 2.71. The predicted molar refractivity (Wildman–Crippen MR) is 92.8 cm³/mol. The first-order chi connectivity index (χ1) is 12.0. The number of nitro benzene ring substituents is 1. The van der Waals surface area contributed by atoms with Crippen LogP contribution in [0.4, 0.5) is 5.69 Å². The molecule has 0 spiro atoms. The maximum absolute atomic E-state index is 12.1. The zero-order valence-corrected chi connectivity index (χ0v) is 14.2. The number of benzene rings is 1. The van der Waals surface area contributed by atoms with Crippen LogP contribution in [0.1, 0.15) is 49.4 Å². The van der Waals surface area contributed by atoms with Crippen LogP contribution in [0.25, 0.3) is 0 Å². The van der Waals surface area contributed by atoms with Crippen LogP contribution >= 0.6 is 0 Å². The SMILES string of the molecule is C[C@@H](Oc1ccc([N+](=O)[O-])cc1C=O)C(=O)NCCC1=CCCCC1. The number of allylic oxidation sites excluding steroid dienone is 1. The van der Waals surface area contributed by atoms with E-state index >= 15 is 0 Å². The molecule has 1 aliphatic rings. The molecule has 7 heteroatoms. The molecule has 0 fully saturated rings. The molecule has 0 heterocycles. The summed E-state index contributed by atoms with van der Waals surface area (Å²) in [4.78, 5) is 33.4. The van der Waals surface area contributed by atoms with Gasteiger partial charge in [0.15, 0.2) is 12.4 Å². The molecular formula is C18H22N2O5. The average molecular weight is 346 g/mol. The van der Waals surface area contributed by atoms with Crippen molar-refractivity contribution in [3.63, 3.8) is 0 Å². The normalized spacial score (nSPS) is 15.0. The van der Waals surface area contributed by atoms with Gasteiger partial charge in [-0.3, -0.25) is 19.7 Å². The first kappa shape index (κ1) is 18.6. The number of carbonyl (C=O) groups excluding carboxylic acids is 2. The summed E-state index contributed by atoms with van der Waals surface area (Å²) in [5.74, 6) is -0.134. The molecule has 0 bridgehead atoms. The highest BCUT2D eigenvalue weighted by Crippen LogP contribution is 2.24. The highest BCUT2D eigenvalue weighted by molar-refractivity contribution is 5.83. The smallest absolute Gasteiger partial charge is 0.270 e. The van der Waals surface area contributed by atoms with Gasteiger partial charge in [0, 0.05) is 18.7 Å². The minimum Gasteiger partial charge on any atom is -0.480 e. The Morgan fingerprint density at radius 3 is 2.88 bits per heavy atom. The molecule has 7 nitrogen and oxygen atoms in total. The highest BCUT2D eigenvalue weighted by atomic mass is 16.6. The van der Waals surface area contributed by atoms with E-state index in [0.29, 0.717) is 12.8 Å². The van der Waals surface area contributed by atoms with Crippen LogP contribution in [-0.2, 0) is 4.79 Å². The third-order valence-corrected chi connectivity index (χ3v) is 4.13. The first-order valence-corrected chi connectivity index (χ1v) is 8.37. The molecule has 1 N–H and O–H groups in total. The van der Waals surface area contributed by atoms with Gasteiger partial charge in [-0.25, -0.2) is 0 Å². The van der Waals surface area contributed by atoms with Crippen molar-refractivity contribution in [1.29, 1.82) is 0 Å². The third-order valence-electron chi connectivity index (χ3n) is 4.13.